The first-order chi connectivity index (χ1) is 6.84. The van der Waals surface area contributed by atoms with Crippen LogP contribution >= 0.6 is 0 Å². The molecule has 0 aromatic rings. The SMILES string of the molecule is C=CCOC(=O)C(C)(CC(=O)O)C(C)=O. The van der Waals surface area contributed by atoms with Gasteiger partial charge in [0.15, 0.2) is 0 Å². The fourth-order valence-corrected chi connectivity index (χ4v) is 0.937. The Kier molecular flexibility index (Phi) is 4.70. The summed E-state index contributed by atoms with van der Waals surface area (Å²) in [6.07, 6.45) is 0.775. The van der Waals surface area contributed by atoms with E-state index in [1.165, 1.54) is 13.0 Å². The summed E-state index contributed by atoms with van der Waals surface area (Å²) in [5.41, 5.74) is -1.62. The monoisotopic (exact) mass is 214 g/mol. The van der Waals surface area contributed by atoms with E-state index in [9.17, 15) is 14.4 Å². The first kappa shape index (κ1) is 13.4. The number of carboxylic acid groups (broad SMARTS) is 1. The highest BCUT2D eigenvalue weighted by Crippen LogP contribution is 2.24. The van der Waals surface area contributed by atoms with E-state index in [2.05, 4.69) is 11.3 Å². The van der Waals surface area contributed by atoms with Crippen LogP contribution in [0.3, 0.4) is 0 Å². The van der Waals surface area contributed by atoms with E-state index < -0.39 is 29.6 Å². The molecule has 0 aromatic heterocycles. The van der Waals surface area contributed by atoms with Crippen molar-refractivity contribution in [1.29, 1.82) is 0 Å². The van der Waals surface area contributed by atoms with E-state index in [-0.39, 0.29) is 6.61 Å². The lowest BCUT2D eigenvalue weighted by molar-refractivity contribution is -0.162. The number of aliphatic carboxylic acids is 1. The number of carbonyl (C=O) groups is 3. The van der Waals surface area contributed by atoms with Gasteiger partial charge in [-0.1, -0.05) is 12.7 Å². The Labute approximate surface area is 87.7 Å². The number of esters is 1. The fourth-order valence-electron chi connectivity index (χ4n) is 0.937. The Balaban J connectivity index is 4.77. The minimum absolute atomic E-state index is 0.0404. The molecule has 0 aromatic carbocycles. The Bertz CT molecular complexity index is 294. The molecular formula is C10H14O5. The standard InChI is InChI=1S/C10H14O5/c1-4-5-15-9(14)10(3,7(2)11)6-8(12)13/h4H,1,5-6H2,2-3H3,(H,12,13). The van der Waals surface area contributed by atoms with Gasteiger partial charge in [-0.05, 0) is 13.8 Å². The predicted molar refractivity (Wildman–Crippen MR) is 52.2 cm³/mol. The quantitative estimate of drug-likeness (QED) is 0.401. The van der Waals surface area contributed by atoms with Crippen LogP contribution in [0.15, 0.2) is 12.7 Å². The van der Waals surface area contributed by atoms with Crippen LogP contribution in [-0.2, 0) is 19.1 Å². The Hall–Kier alpha value is -1.65. The highest BCUT2D eigenvalue weighted by atomic mass is 16.5. The summed E-state index contributed by atoms with van der Waals surface area (Å²) in [6, 6.07) is 0. The number of Topliss-reactive ketones (excluding diaryl/α,β-unsaturated/α-hetero) is 1. The van der Waals surface area contributed by atoms with Crippen LogP contribution in [0.2, 0.25) is 0 Å². The maximum absolute atomic E-state index is 11.4. The van der Waals surface area contributed by atoms with Crippen molar-refractivity contribution < 1.29 is 24.2 Å². The molecule has 0 spiro atoms. The van der Waals surface area contributed by atoms with Gasteiger partial charge >= 0.3 is 11.9 Å². The zero-order chi connectivity index (χ0) is 12.1. The lowest BCUT2D eigenvalue weighted by atomic mass is 9.83. The molecule has 0 amide bonds. The summed E-state index contributed by atoms with van der Waals surface area (Å²) >= 11 is 0. The van der Waals surface area contributed by atoms with Gasteiger partial charge in [-0.3, -0.25) is 14.4 Å². The lowest BCUT2D eigenvalue weighted by Crippen LogP contribution is -2.38. The lowest BCUT2D eigenvalue weighted by Gasteiger charge is -2.21. The van der Waals surface area contributed by atoms with Crippen molar-refractivity contribution in [2.45, 2.75) is 20.3 Å². The number of ketones is 1. The Morgan fingerprint density at radius 2 is 2.00 bits per heavy atom. The summed E-state index contributed by atoms with van der Waals surface area (Å²) in [5.74, 6) is -2.58. The number of carbonyl (C=O) groups excluding carboxylic acids is 2. The van der Waals surface area contributed by atoms with Gasteiger partial charge in [0.2, 0.25) is 0 Å². The van der Waals surface area contributed by atoms with E-state index in [4.69, 9.17) is 5.11 Å². The van der Waals surface area contributed by atoms with Crippen LogP contribution in [0.5, 0.6) is 0 Å². The minimum atomic E-state index is -1.62. The van der Waals surface area contributed by atoms with Gasteiger partial charge in [-0.25, -0.2) is 0 Å². The topological polar surface area (TPSA) is 80.7 Å². The van der Waals surface area contributed by atoms with E-state index >= 15 is 0 Å². The number of ether oxygens (including phenoxy) is 1. The average molecular weight is 214 g/mol. The summed E-state index contributed by atoms with van der Waals surface area (Å²) in [5, 5.41) is 8.59. The van der Waals surface area contributed by atoms with Crippen LogP contribution in [0, 0.1) is 5.41 Å². The van der Waals surface area contributed by atoms with Crippen molar-refractivity contribution in [3.8, 4) is 0 Å². The van der Waals surface area contributed by atoms with Crippen molar-refractivity contribution in [3.63, 3.8) is 0 Å². The number of rotatable bonds is 6. The van der Waals surface area contributed by atoms with E-state index in [0.29, 0.717) is 0 Å². The second-order valence-electron chi connectivity index (χ2n) is 3.35. The summed E-state index contributed by atoms with van der Waals surface area (Å²) in [4.78, 5) is 33.2. The molecule has 5 nitrogen and oxygen atoms in total. The van der Waals surface area contributed by atoms with E-state index in [1.807, 2.05) is 0 Å². The van der Waals surface area contributed by atoms with Gasteiger partial charge in [-0.2, -0.15) is 0 Å². The first-order valence-electron chi connectivity index (χ1n) is 4.35. The number of hydrogen-bond donors (Lipinski definition) is 1. The fraction of sp³-hybridized carbons (Fsp3) is 0.500. The summed E-state index contributed by atoms with van der Waals surface area (Å²) in [6.45, 7) is 5.73. The van der Waals surface area contributed by atoms with Crippen molar-refractivity contribution in [2.24, 2.45) is 5.41 Å². The van der Waals surface area contributed by atoms with Crippen LogP contribution in [0.4, 0.5) is 0 Å². The van der Waals surface area contributed by atoms with Crippen LogP contribution in [0.25, 0.3) is 0 Å². The van der Waals surface area contributed by atoms with Crippen molar-refractivity contribution >= 4 is 17.7 Å². The van der Waals surface area contributed by atoms with Crippen molar-refractivity contribution in [3.05, 3.63) is 12.7 Å². The highest BCUT2D eigenvalue weighted by Gasteiger charge is 2.41. The molecule has 0 saturated carbocycles. The third-order valence-corrected chi connectivity index (χ3v) is 2.06. The maximum atomic E-state index is 11.4. The third kappa shape index (κ3) is 3.53. The molecule has 0 aliphatic heterocycles. The summed E-state index contributed by atoms with van der Waals surface area (Å²) < 4.78 is 4.68. The molecule has 0 saturated heterocycles. The molecule has 84 valence electrons. The molecule has 0 fully saturated rings. The molecule has 1 atom stereocenters. The predicted octanol–water partition coefficient (Wildman–Crippen LogP) is 0.786. The largest absolute Gasteiger partial charge is 0.481 e. The smallest absolute Gasteiger partial charge is 0.320 e. The Morgan fingerprint density at radius 3 is 2.33 bits per heavy atom. The van der Waals surface area contributed by atoms with Gasteiger partial charge in [0.25, 0.3) is 0 Å². The van der Waals surface area contributed by atoms with Crippen LogP contribution in [0.1, 0.15) is 20.3 Å². The van der Waals surface area contributed by atoms with Crippen molar-refractivity contribution in [2.75, 3.05) is 6.61 Å². The number of hydrogen-bond acceptors (Lipinski definition) is 4. The highest BCUT2D eigenvalue weighted by molar-refractivity contribution is 6.04. The molecule has 0 aliphatic carbocycles. The second kappa shape index (κ2) is 5.29. The van der Waals surface area contributed by atoms with Crippen LogP contribution < -0.4 is 0 Å². The molecule has 15 heavy (non-hydrogen) atoms. The third-order valence-electron chi connectivity index (χ3n) is 2.06. The molecule has 0 radical (unpaired) electrons. The molecular weight excluding hydrogens is 200 g/mol. The average Bonchev–Trinajstić information content (AvgIpc) is 2.12. The van der Waals surface area contributed by atoms with Gasteiger partial charge < -0.3 is 9.84 Å². The van der Waals surface area contributed by atoms with E-state index in [1.54, 1.807) is 0 Å². The van der Waals surface area contributed by atoms with Gasteiger partial charge in [-0.15, -0.1) is 0 Å². The molecule has 0 heterocycles. The summed E-state index contributed by atoms with van der Waals surface area (Å²) in [7, 11) is 0. The van der Waals surface area contributed by atoms with Gasteiger partial charge in [0, 0.05) is 0 Å². The van der Waals surface area contributed by atoms with Gasteiger partial charge in [0.05, 0.1) is 6.42 Å². The first-order valence-corrected chi connectivity index (χ1v) is 4.35. The number of carboxylic acids is 1. The molecule has 5 heteroatoms. The minimum Gasteiger partial charge on any atom is -0.481 e. The molecule has 1 unspecified atom stereocenters. The maximum Gasteiger partial charge on any atom is 0.320 e. The van der Waals surface area contributed by atoms with Gasteiger partial charge in [0.1, 0.15) is 17.8 Å². The molecule has 0 aliphatic rings. The molecule has 0 rings (SSSR count). The molecule has 1 N–H and O–H groups in total. The van der Waals surface area contributed by atoms with E-state index in [0.717, 1.165) is 6.92 Å². The zero-order valence-corrected chi connectivity index (χ0v) is 8.78. The van der Waals surface area contributed by atoms with Crippen LogP contribution in [-0.4, -0.2) is 29.4 Å². The molecule has 0 bridgehead atoms. The Morgan fingerprint density at radius 1 is 1.47 bits per heavy atom. The second-order valence-corrected chi connectivity index (χ2v) is 3.35. The zero-order valence-electron chi connectivity index (χ0n) is 8.78. The normalized spacial score (nSPS) is 13.7. The van der Waals surface area contributed by atoms with Crippen molar-refractivity contribution in [1.82, 2.24) is 0 Å².